The zero-order valence-corrected chi connectivity index (χ0v) is 31.3. The largest absolute Gasteiger partial charge is 0.456 e. The van der Waals surface area contributed by atoms with E-state index in [0.717, 1.165) is 45.1 Å². The van der Waals surface area contributed by atoms with Crippen molar-refractivity contribution in [2.24, 2.45) is 0 Å². The fourth-order valence-corrected chi connectivity index (χ4v) is 9.86. The van der Waals surface area contributed by atoms with Crippen molar-refractivity contribution in [3.8, 4) is 78.6 Å². The van der Waals surface area contributed by atoms with E-state index >= 15 is 0 Å². The highest BCUT2D eigenvalue weighted by Gasteiger charge is 2.24. The summed E-state index contributed by atoms with van der Waals surface area (Å²) < 4.78 is 13.2. The van der Waals surface area contributed by atoms with Crippen molar-refractivity contribution in [2.45, 2.75) is 0 Å². The normalized spacial score (nSPS) is 12.4. The van der Waals surface area contributed by atoms with Gasteiger partial charge in [0.05, 0.1) is 0 Å². The number of fused-ring (bicyclic) bond motifs is 7. The Bertz CT molecular complexity index is 3570. The van der Waals surface area contributed by atoms with Crippen molar-refractivity contribution in [1.29, 1.82) is 0 Å². The molecular weight excluding hydrogens is 705 g/mol. The van der Waals surface area contributed by atoms with Gasteiger partial charge in [-0.15, -0.1) is 0 Å². The van der Waals surface area contributed by atoms with Gasteiger partial charge in [0, 0.05) is 21.9 Å². The van der Waals surface area contributed by atoms with Crippen LogP contribution in [0.5, 0.6) is 23.0 Å². The van der Waals surface area contributed by atoms with Gasteiger partial charge in [0.25, 0.3) is 0 Å². The van der Waals surface area contributed by atoms with Crippen LogP contribution in [0.4, 0.5) is 0 Å². The Hall–Kier alpha value is -7.68. The lowest BCUT2D eigenvalue weighted by Gasteiger charge is -2.23. The second kappa shape index (κ2) is 11.9. The van der Waals surface area contributed by atoms with E-state index in [9.17, 15) is 0 Å². The molecule has 0 aliphatic carbocycles. The maximum absolute atomic E-state index is 6.69. The van der Waals surface area contributed by atoms with Gasteiger partial charge in [-0.25, -0.2) is 0 Å². The molecule has 0 fully saturated rings. The molecule has 11 aromatic carbocycles. The van der Waals surface area contributed by atoms with Gasteiger partial charge in [-0.05, 0) is 130 Å². The Kier molecular flexibility index (Phi) is 6.47. The summed E-state index contributed by atoms with van der Waals surface area (Å²) in [7, 11) is 0. The van der Waals surface area contributed by atoms with E-state index in [2.05, 4.69) is 188 Å². The van der Waals surface area contributed by atoms with Crippen molar-refractivity contribution in [3.05, 3.63) is 194 Å². The number of ether oxygens (including phenoxy) is 2. The topological polar surface area (TPSA) is 18.5 Å². The second-order valence-corrected chi connectivity index (χ2v) is 15.5. The molecule has 2 heteroatoms. The smallest absolute Gasteiger partial charge is 0.135 e. The van der Waals surface area contributed by atoms with E-state index in [0.29, 0.717) is 0 Å². The molecule has 2 heterocycles. The van der Waals surface area contributed by atoms with Crippen LogP contribution in [0.25, 0.3) is 109 Å². The molecule has 0 aromatic heterocycles. The predicted molar refractivity (Wildman–Crippen MR) is 241 cm³/mol. The molecule has 2 aliphatic heterocycles. The van der Waals surface area contributed by atoms with Crippen LogP contribution in [0, 0.1) is 0 Å². The van der Waals surface area contributed by atoms with E-state index in [1.165, 1.54) is 87.4 Å². The van der Waals surface area contributed by atoms with Crippen molar-refractivity contribution in [1.82, 2.24) is 0 Å². The maximum Gasteiger partial charge on any atom is 0.135 e. The third kappa shape index (κ3) is 4.48. The zero-order valence-electron chi connectivity index (χ0n) is 31.3. The highest BCUT2D eigenvalue weighted by molar-refractivity contribution is 6.21. The molecule has 0 atom stereocenters. The van der Waals surface area contributed by atoms with Crippen LogP contribution in [-0.4, -0.2) is 0 Å². The van der Waals surface area contributed by atoms with Gasteiger partial charge in [-0.1, -0.05) is 152 Å². The van der Waals surface area contributed by atoms with E-state index in [1.54, 1.807) is 0 Å². The molecule has 268 valence electrons. The average molecular weight is 737 g/mol. The Morgan fingerprint density at radius 1 is 0.241 bits per heavy atom. The molecule has 0 unspecified atom stereocenters. The van der Waals surface area contributed by atoms with Gasteiger partial charge >= 0.3 is 0 Å². The first-order chi connectivity index (χ1) is 28.7. The van der Waals surface area contributed by atoms with E-state index < -0.39 is 0 Å². The van der Waals surface area contributed by atoms with Gasteiger partial charge in [0.15, 0.2) is 0 Å². The SMILES string of the molecule is c1ccc2c(c1)Oc1ccc(-c3cccc4c(-c5ccc6ccccc6c5)c5cccc(-c6ccc7c(c6)Oc6cccc8cccc-7c68)c5cc34)c3cccc-2c13. The summed E-state index contributed by atoms with van der Waals surface area (Å²) in [6.07, 6.45) is 0. The van der Waals surface area contributed by atoms with Crippen LogP contribution in [0.1, 0.15) is 0 Å². The standard InChI is InChI=1S/C56H32O2/c1-2-11-35-30-37(25-24-33(35)10-1)54-46-20-7-15-38(36-26-27-42-44-17-5-12-34-13-6-23-51(55(34)44)58-53(42)31-36)48(46)32-49-39(16-8-21-47(49)54)40-28-29-52-56-43(40)18-9-19-45(56)41-14-3-4-22-50(41)57-52/h1-32H. The summed E-state index contributed by atoms with van der Waals surface area (Å²) in [5.41, 5.74) is 11.8. The minimum Gasteiger partial charge on any atom is -0.456 e. The van der Waals surface area contributed by atoms with Crippen LogP contribution in [0.15, 0.2) is 194 Å². The molecule has 0 N–H and O–H groups in total. The Labute approximate surface area is 334 Å². The molecule has 0 saturated heterocycles. The van der Waals surface area contributed by atoms with Crippen molar-refractivity contribution >= 4 is 53.9 Å². The number of hydrogen-bond donors (Lipinski definition) is 0. The molecule has 0 bridgehead atoms. The number of benzene rings is 11. The molecule has 13 rings (SSSR count). The maximum atomic E-state index is 6.69. The molecule has 2 aliphatic rings. The fraction of sp³-hybridized carbons (Fsp3) is 0. The molecule has 11 aromatic rings. The highest BCUT2D eigenvalue weighted by Crippen LogP contribution is 2.52. The lowest BCUT2D eigenvalue weighted by atomic mass is 9.84. The third-order valence-corrected chi connectivity index (χ3v) is 12.4. The monoisotopic (exact) mass is 736 g/mol. The van der Waals surface area contributed by atoms with Gasteiger partial charge in [0.1, 0.15) is 23.0 Å². The molecule has 0 saturated carbocycles. The molecule has 0 amide bonds. The predicted octanol–water partition coefficient (Wildman–Crippen LogP) is 16.0. The first kappa shape index (κ1) is 31.5. The molecule has 0 spiro atoms. The van der Waals surface area contributed by atoms with Crippen LogP contribution in [-0.2, 0) is 0 Å². The minimum atomic E-state index is 0.879. The summed E-state index contributed by atoms with van der Waals surface area (Å²) in [5, 5.41) is 12.0. The van der Waals surface area contributed by atoms with E-state index in [4.69, 9.17) is 9.47 Å². The summed E-state index contributed by atoms with van der Waals surface area (Å²) in [6, 6.07) is 70.5. The van der Waals surface area contributed by atoms with Crippen molar-refractivity contribution in [3.63, 3.8) is 0 Å². The Morgan fingerprint density at radius 2 is 0.793 bits per heavy atom. The highest BCUT2D eigenvalue weighted by atomic mass is 16.5. The number of hydrogen-bond acceptors (Lipinski definition) is 2. The van der Waals surface area contributed by atoms with E-state index in [1.807, 2.05) is 6.07 Å². The quantitative estimate of drug-likeness (QED) is 0.168. The number of para-hydroxylation sites is 1. The third-order valence-electron chi connectivity index (χ3n) is 12.4. The fourth-order valence-electron chi connectivity index (χ4n) is 9.86. The summed E-state index contributed by atoms with van der Waals surface area (Å²) in [4.78, 5) is 0. The van der Waals surface area contributed by atoms with Crippen molar-refractivity contribution < 1.29 is 9.47 Å². The minimum absolute atomic E-state index is 0.879. The van der Waals surface area contributed by atoms with Gasteiger partial charge in [-0.2, -0.15) is 0 Å². The summed E-state index contributed by atoms with van der Waals surface area (Å²) in [5.74, 6) is 3.57. The first-order valence-electron chi connectivity index (χ1n) is 19.9. The summed E-state index contributed by atoms with van der Waals surface area (Å²) >= 11 is 0. The second-order valence-electron chi connectivity index (χ2n) is 15.5. The molecule has 2 nitrogen and oxygen atoms in total. The van der Waals surface area contributed by atoms with Gasteiger partial charge < -0.3 is 9.47 Å². The summed E-state index contributed by atoms with van der Waals surface area (Å²) in [6.45, 7) is 0. The average Bonchev–Trinajstić information content (AvgIpc) is 3.28. The zero-order chi connectivity index (χ0) is 37.9. The number of rotatable bonds is 3. The molecule has 58 heavy (non-hydrogen) atoms. The van der Waals surface area contributed by atoms with Crippen LogP contribution >= 0.6 is 0 Å². The molecular formula is C56H32O2. The van der Waals surface area contributed by atoms with E-state index in [-0.39, 0.29) is 0 Å². The van der Waals surface area contributed by atoms with Crippen LogP contribution < -0.4 is 9.47 Å². The first-order valence-corrected chi connectivity index (χ1v) is 19.9. The Morgan fingerprint density at radius 3 is 1.67 bits per heavy atom. The van der Waals surface area contributed by atoms with Gasteiger partial charge in [-0.3, -0.25) is 0 Å². The van der Waals surface area contributed by atoms with Crippen molar-refractivity contribution in [2.75, 3.05) is 0 Å². The van der Waals surface area contributed by atoms with Crippen LogP contribution in [0.2, 0.25) is 0 Å². The lowest BCUT2D eigenvalue weighted by Crippen LogP contribution is -1.98. The van der Waals surface area contributed by atoms with Crippen LogP contribution in [0.3, 0.4) is 0 Å². The molecule has 0 radical (unpaired) electrons. The lowest BCUT2D eigenvalue weighted by molar-refractivity contribution is 0.487. The Balaban J connectivity index is 1.09. The van der Waals surface area contributed by atoms with Gasteiger partial charge in [0.2, 0.25) is 0 Å².